The van der Waals surface area contributed by atoms with Crippen LogP contribution in [0, 0.1) is 33.8 Å². The fourth-order valence-corrected chi connectivity index (χ4v) is 10.7. The van der Waals surface area contributed by atoms with Crippen LogP contribution in [0.4, 0.5) is 0 Å². The van der Waals surface area contributed by atoms with E-state index in [1.807, 2.05) is 0 Å². The molecule has 0 nitrogen and oxygen atoms in total. The van der Waals surface area contributed by atoms with Gasteiger partial charge in [-0.2, -0.15) is 0 Å². The first-order chi connectivity index (χ1) is 9.18. The Balaban J connectivity index is 2.06. The van der Waals surface area contributed by atoms with Crippen LogP contribution in [-0.4, -0.2) is 0 Å². The molecule has 0 unspecified atom stereocenters. The predicted molar refractivity (Wildman–Crippen MR) is 79.4 cm³/mol. The molecule has 0 spiro atoms. The molecule has 0 atom stereocenters. The Morgan fingerprint density at radius 3 is 1.16 bits per heavy atom. The maximum absolute atomic E-state index is 2.36. The first kappa shape index (κ1) is 13.7. The summed E-state index contributed by atoms with van der Waals surface area (Å²) in [7, 11) is 0. The van der Waals surface area contributed by atoms with Gasteiger partial charge in [0.2, 0.25) is 0 Å². The SMILES string of the molecule is CC1=[C]([Gd]([C]2=C(C)C=CC2)[C]2=C(C)C=CC2)CC=C1. The van der Waals surface area contributed by atoms with Crippen molar-refractivity contribution in [3.63, 3.8) is 0 Å². The van der Waals surface area contributed by atoms with Gasteiger partial charge in [-0.1, -0.05) is 0 Å². The summed E-state index contributed by atoms with van der Waals surface area (Å²) < 4.78 is 5.39. The molecule has 3 rings (SSSR count). The minimum absolute atomic E-state index is 1.21. The molecule has 0 radical (unpaired) electrons. The standard InChI is InChI=1S/3C6H7.Gd/c3*1-6-4-2-3-5-6;/h3*2,4H,3H2,1H3;. The van der Waals surface area contributed by atoms with Gasteiger partial charge in [0.05, 0.1) is 0 Å². The fourth-order valence-electron chi connectivity index (χ4n) is 2.78. The third-order valence-electron chi connectivity index (χ3n) is 3.87. The van der Waals surface area contributed by atoms with Crippen LogP contribution >= 0.6 is 0 Å². The van der Waals surface area contributed by atoms with Crippen LogP contribution in [0.3, 0.4) is 0 Å². The quantitative estimate of drug-likeness (QED) is 0.609. The molecular formula is C18H21Gd. The first-order valence-corrected chi connectivity index (χ1v) is 10.3. The van der Waals surface area contributed by atoms with E-state index in [4.69, 9.17) is 0 Å². The van der Waals surface area contributed by atoms with Crippen LogP contribution in [0.25, 0.3) is 0 Å². The van der Waals surface area contributed by atoms with E-state index in [2.05, 4.69) is 57.2 Å². The second kappa shape index (κ2) is 5.64. The van der Waals surface area contributed by atoms with Gasteiger partial charge < -0.3 is 0 Å². The summed E-state index contributed by atoms with van der Waals surface area (Å²) in [5, 5.41) is 0. The third-order valence-corrected chi connectivity index (χ3v) is 12.1. The van der Waals surface area contributed by atoms with Gasteiger partial charge in [-0.25, -0.2) is 0 Å². The summed E-state index contributed by atoms with van der Waals surface area (Å²) >= 11 is -1.55. The van der Waals surface area contributed by atoms with Gasteiger partial charge in [0.15, 0.2) is 0 Å². The minimum atomic E-state index is -1.55. The van der Waals surface area contributed by atoms with Crippen molar-refractivity contribution in [3.05, 3.63) is 57.2 Å². The molecule has 0 amide bonds. The number of allylic oxidation sites excluding steroid dienone is 12. The molecule has 0 heterocycles. The van der Waals surface area contributed by atoms with Gasteiger partial charge in [-0.3, -0.25) is 0 Å². The summed E-state index contributed by atoms with van der Waals surface area (Å²) in [6.07, 6.45) is 17.7. The van der Waals surface area contributed by atoms with Crippen molar-refractivity contribution >= 4 is 0 Å². The van der Waals surface area contributed by atoms with E-state index in [0.29, 0.717) is 0 Å². The molecule has 0 saturated carbocycles. The number of hydrogen-bond acceptors (Lipinski definition) is 0. The van der Waals surface area contributed by atoms with Crippen molar-refractivity contribution in [3.8, 4) is 0 Å². The van der Waals surface area contributed by atoms with E-state index >= 15 is 0 Å². The van der Waals surface area contributed by atoms with Crippen molar-refractivity contribution in [1.29, 1.82) is 0 Å². The zero-order chi connectivity index (χ0) is 13.4. The molecule has 3 aliphatic rings. The normalized spacial score (nSPS) is 22.6. The van der Waals surface area contributed by atoms with E-state index in [0.717, 1.165) is 0 Å². The van der Waals surface area contributed by atoms with Crippen LogP contribution < -0.4 is 0 Å². The molecule has 0 N–H and O–H groups in total. The van der Waals surface area contributed by atoms with Crippen molar-refractivity contribution in [1.82, 2.24) is 0 Å². The van der Waals surface area contributed by atoms with E-state index < -0.39 is 33.8 Å². The van der Waals surface area contributed by atoms with E-state index in [1.165, 1.54) is 19.3 Å². The Hall–Kier alpha value is -0.235. The average Bonchev–Trinajstić information content (AvgIpc) is 3.07. The van der Waals surface area contributed by atoms with Gasteiger partial charge in [0.1, 0.15) is 0 Å². The molecule has 0 aliphatic heterocycles. The van der Waals surface area contributed by atoms with Crippen LogP contribution in [0.2, 0.25) is 0 Å². The van der Waals surface area contributed by atoms with Crippen LogP contribution in [0.15, 0.2) is 57.2 Å². The maximum atomic E-state index is 2.36. The number of rotatable bonds is 3. The van der Waals surface area contributed by atoms with E-state index in [-0.39, 0.29) is 0 Å². The Morgan fingerprint density at radius 2 is 0.947 bits per heavy atom. The Morgan fingerprint density at radius 1 is 0.632 bits per heavy atom. The monoisotopic (exact) mass is 395 g/mol. The van der Waals surface area contributed by atoms with Crippen molar-refractivity contribution in [2.75, 3.05) is 0 Å². The average molecular weight is 395 g/mol. The molecular weight excluding hydrogens is 373 g/mol. The molecule has 0 fully saturated rings. The van der Waals surface area contributed by atoms with Crippen LogP contribution in [0.5, 0.6) is 0 Å². The van der Waals surface area contributed by atoms with Crippen LogP contribution in [-0.2, 0) is 0 Å². The van der Waals surface area contributed by atoms with Crippen molar-refractivity contribution < 1.29 is 33.8 Å². The summed E-state index contributed by atoms with van der Waals surface area (Å²) in [4.78, 5) is 0. The Bertz CT molecular complexity index is 506. The molecule has 3 aliphatic carbocycles. The van der Waals surface area contributed by atoms with E-state index in [9.17, 15) is 0 Å². The number of hydrogen-bond donors (Lipinski definition) is 0. The first-order valence-electron chi connectivity index (χ1n) is 6.93. The molecule has 0 aromatic rings. The van der Waals surface area contributed by atoms with Crippen molar-refractivity contribution in [2.45, 2.75) is 40.0 Å². The van der Waals surface area contributed by atoms with Gasteiger partial charge in [0, 0.05) is 0 Å². The van der Waals surface area contributed by atoms with Crippen molar-refractivity contribution in [2.24, 2.45) is 0 Å². The van der Waals surface area contributed by atoms with Gasteiger partial charge in [-0.05, 0) is 0 Å². The predicted octanol–water partition coefficient (Wildman–Crippen LogP) is 5.31. The summed E-state index contributed by atoms with van der Waals surface area (Å²) in [6.45, 7) is 6.93. The topological polar surface area (TPSA) is 0 Å². The fraction of sp³-hybridized carbons (Fsp3) is 0.333. The molecule has 1 heteroatoms. The zero-order valence-electron chi connectivity index (χ0n) is 11.9. The van der Waals surface area contributed by atoms with E-state index in [1.54, 1.807) is 20.8 Å². The van der Waals surface area contributed by atoms with Gasteiger partial charge in [-0.15, -0.1) is 0 Å². The van der Waals surface area contributed by atoms with Crippen LogP contribution in [0.1, 0.15) is 40.0 Å². The van der Waals surface area contributed by atoms with Gasteiger partial charge >= 0.3 is 131 Å². The zero-order valence-corrected chi connectivity index (χ0v) is 14.2. The summed E-state index contributed by atoms with van der Waals surface area (Å²) in [5.41, 5.74) is 4.66. The second-order valence-electron chi connectivity index (χ2n) is 5.30. The molecule has 0 saturated heterocycles. The molecule has 0 bridgehead atoms. The molecule has 101 valence electrons. The summed E-state index contributed by atoms with van der Waals surface area (Å²) in [6, 6.07) is 0. The Kier molecular flexibility index (Phi) is 4.07. The molecule has 19 heavy (non-hydrogen) atoms. The van der Waals surface area contributed by atoms with Gasteiger partial charge in [0.25, 0.3) is 0 Å². The third kappa shape index (κ3) is 2.53. The Labute approximate surface area is 130 Å². The summed E-state index contributed by atoms with van der Waals surface area (Å²) in [5.74, 6) is 0. The molecule has 0 aromatic heterocycles. The molecule has 0 aromatic carbocycles. The second-order valence-corrected chi connectivity index (χ2v) is 11.1.